The summed E-state index contributed by atoms with van der Waals surface area (Å²) >= 11 is 0. The largest absolute Gasteiger partial charge is 0.385 e. The van der Waals surface area contributed by atoms with Crippen LogP contribution in [0.5, 0.6) is 0 Å². The molecule has 0 bridgehead atoms. The van der Waals surface area contributed by atoms with Gasteiger partial charge in [-0.1, -0.05) is 13.0 Å². The van der Waals surface area contributed by atoms with Crippen LogP contribution in [0.1, 0.15) is 19.8 Å². The summed E-state index contributed by atoms with van der Waals surface area (Å²) < 4.78 is 5.33. The molecule has 5 nitrogen and oxygen atoms in total. The Bertz CT molecular complexity index is 355. The van der Waals surface area contributed by atoms with Gasteiger partial charge in [-0.15, -0.1) is 0 Å². The van der Waals surface area contributed by atoms with Crippen molar-refractivity contribution in [2.45, 2.75) is 19.8 Å². The summed E-state index contributed by atoms with van der Waals surface area (Å²) in [6.45, 7) is 4.33. The molecule has 0 fully saturated rings. The summed E-state index contributed by atoms with van der Waals surface area (Å²) in [5, 5.41) is 13.7. The normalized spacial score (nSPS) is 10.2. The van der Waals surface area contributed by atoms with Gasteiger partial charge in [0.2, 0.25) is 0 Å². The molecule has 0 aliphatic carbocycles. The van der Waals surface area contributed by atoms with Crippen molar-refractivity contribution in [3.8, 4) is 0 Å². The second-order valence-corrected chi connectivity index (χ2v) is 3.70. The maximum atomic E-state index is 10.6. The summed E-state index contributed by atoms with van der Waals surface area (Å²) in [6.07, 6.45) is 1.92. The SMILES string of the molecule is CCCOCCCNc1cccc([N+](=O)[O-])c1. The number of nitrogens with one attached hydrogen (secondary N) is 1. The molecule has 0 saturated carbocycles. The molecule has 1 rings (SSSR count). The maximum Gasteiger partial charge on any atom is 0.271 e. The fourth-order valence-corrected chi connectivity index (χ4v) is 1.38. The number of benzene rings is 1. The van der Waals surface area contributed by atoms with Crippen LogP contribution in [0.2, 0.25) is 0 Å². The molecule has 0 spiro atoms. The van der Waals surface area contributed by atoms with E-state index in [1.165, 1.54) is 12.1 Å². The van der Waals surface area contributed by atoms with Crippen LogP contribution in [0.25, 0.3) is 0 Å². The first-order valence-electron chi connectivity index (χ1n) is 5.80. The Morgan fingerprint density at radius 1 is 1.41 bits per heavy atom. The number of hydrogen-bond acceptors (Lipinski definition) is 4. The van der Waals surface area contributed by atoms with Gasteiger partial charge in [-0.2, -0.15) is 0 Å². The third-order valence-electron chi connectivity index (χ3n) is 2.20. The van der Waals surface area contributed by atoms with Crippen molar-refractivity contribution in [1.29, 1.82) is 0 Å². The second kappa shape index (κ2) is 7.62. The van der Waals surface area contributed by atoms with Crippen LogP contribution in [-0.2, 0) is 4.74 Å². The molecule has 94 valence electrons. The van der Waals surface area contributed by atoms with Gasteiger partial charge in [0, 0.05) is 37.6 Å². The molecule has 0 saturated heterocycles. The Morgan fingerprint density at radius 3 is 2.94 bits per heavy atom. The van der Waals surface area contributed by atoms with Gasteiger partial charge in [-0.25, -0.2) is 0 Å². The maximum absolute atomic E-state index is 10.6. The number of non-ortho nitro benzene ring substituents is 1. The number of ether oxygens (including phenoxy) is 1. The number of rotatable bonds is 8. The van der Waals surface area contributed by atoms with Crippen LogP contribution in [-0.4, -0.2) is 24.7 Å². The molecule has 1 aromatic carbocycles. The minimum atomic E-state index is -0.393. The number of nitro benzene ring substituents is 1. The highest BCUT2D eigenvalue weighted by atomic mass is 16.6. The lowest BCUT2D eigenvalue weighted by Crippen LogP contribution is -2.06. The average Bonchev–Trinajstić information content (AvgIpc) is 2.34. The molecule has 1 N–H and O–H groups in total. The molecule has 0 unspecified atom stereocenters. The quantitative estimate of drug-likeness (QED) is 0.429. The summed E-state index contributed by atoms with van der Waals surface area (Å²) in [6, 6.07) is 6.51. The fourth-order valence-electron chi connectivity index (χ4n) is 1.38. The van der Waals surface area contributed by atoms with E-state index in [0.29, 0.717) is 0 Å². The number of nitro groups is 1. The highest BCUT2D eigenvalue weighted by molar-refractivity contribution is 5.50. The lowest BCUT2D eigenvalue weighted by atomic mass is 10.3. The van der Waals surface area contributed by atoms with E-state index in [1.807, 2.05) is 6.07 Å². The Labute approximate surface area is 101 Å². The van der Waals surface area contributed by atoms with Gasteiger partial charge in [0.25, 0.3) is 5.69 Å². The Hall–Kier alpha value is -1.62. The first-order chi connectivity index (χ1) is 8.24. The molecule has 1 aromatic rings. The Kier molecular flexibility index (Phi) is 6.03. The number of anilines is 1. The molecule has 0 aliphatic rings. The van der Waals surface area contributed by atoms with E-state index >= 15 is 0 Å². The van der Waals surface area contributed by atoms with E-state index in [4.69, 9.17) is 4.74 Å². The molecular weight excluding hydrogens is 220 g/mol. The smallest absolute Gasteiger partial charge is 0.271 e. The van der Waals surface area contributed by atoms with Crippen LogP contribution in [0.15, 0.2) is 24.3 Å². The van der Waals surface area contributed by atoms with Crippen LogP contribution >= 0.6 is 0 Å². The first kappa shape index (κ1) is 13.4. The van der Waals surface area contributed by atoms with Crippen molar-refractivity contribution in [2.75, 3.05) is 25.1 Å². The minimum Gasteiger partial charge on any atom is -0.385 e. The van der Waals surface area contributed by atoms with Crippen LogP contribution < -0.4 is 5.32 Å². The van der Waals surface area contributed by atoms with Gasteiger partial charge < -0.3 is 10.1 Å². The van der Waals surface area contributed by atoms with Crippen LogP contribution in [0, 0.1) is 10.1 Å². The lowest BCUT2D eigenvalue weighted by molar-refractivity contribution is -0.384. The van der Waals surface area contributed by atoms with Gasteiger partial charge >= 0.3 is 0 Å². The van der Waals surface area contributed by atoms with Crippen molar-refractivity contribution >= 4 is 11.4 Å². The number of hydrogen-bond donors (Lipinski definition) is 1. The fraction of sp³-hybridized carbons (Fsp3) is 0.500. The Balaban J connectivity index is 2.27. The first-order valence-corrected chi connectivity index (χ1v) is 5.80. The zero-order valence-electron chi connectivity index (χ0n) is 10.0. The molecule has 0 heterocycles. The summed E-state index contributed by atoms with van der Waals surface area (Å²) in [7, 11) is 0. The van der Waals surface area contributed by atoms with Gasteiger partial charge in [-0.05, 0) is 18.9 Å². The van der Waals surface area contributed by atoms with E-state index in [1.54, 1.807) is 6.07 Å². The molecule has 0 atom stereocenters. The van der Waals surface area contributed by atoms with Crippen molar-refractivity contribution in [1.82, 2.24) is 0 Å². The van der Waals surface area contributed by atoms with Crippen LogP contribution in [0.3, 0.4) is 0 Å². The lowest BCUT2D eigenvalue weighted by Gasteiger charge is -2.06. The van der Waals surface area contributed by atoms with Gasteiger partial charge in [0.05, 0.1) is 4.92 Å². The highest BCUT2D eigenvalue weighted by Gasteiger charge is 2.04. The van der Waals surface area contributed by atoms with E-state index in [-0.39, 0.29) is 5.69 Å². The molecule has 0 aliphatic heterocycles. The minimum absolute atomic E-state index is 0.109. The zero-order valence-corrected chi connectivity index (χ0v) is 10.0. The third-order valence-corrected chi connectivity index (χ3v) is 2.20. The van der Waals surface area contributed by atoms with E-state index < -0.39 is 4.92 Å². The standard InChI is InChI=1S/C12H18N2O3/c1-2-8-17-9-4-7-13-11-5-3-6-12(10-11)14(15)16/h3,5-6,10,13H,2,4,7-9H2,1H3. The molecule has 0 amide bonds. The van der Waals surface area contributed by atoms with Gasteiger partial charge in [-0.3, -0.25) is 10.1 Å². The second-order valence-electron chi connectivity index (χ2n) is 3.70. The van der Waals surface area contributed by atoms with E-state index in [0.717, 1.165) is 38.3 Å². The van der Waals surface area contributed by atoms with Crippen molar-refractivity contribution in [3.05, 3.63) is 34.4 Å². The van der Waals surface area contributed by atoms with Crippen molar-refractivity contribution in [3.63, 3.8) is 0 Å². The van der Waals surface area contributed by atoms with Crippen molar-refractivity contribution in [2.24, 2.45) is 0 Å². The van der Waals surface area contributed by atoms with E-state index in [9.17, 15) is 10.1 Å². The number of nitrogens with zero attached hydrogens (tertiary/aromatic N) is 1. The van der Waals surface area contributed by atoms with Gasteiger partial charge in [0.1, 0.15) is 0 Å². The van der Waals surface area contributed by atoms with Gasteiger partial charge in [0.15, 0.2) is 0 Å². The molecule has 0 radical (unpaired) electrons. The summed E-state index contributed by atoms with van der Waals surface area (Å²) in [4.78, 5) is 10.2. The third kappa shape index (κ3) is 5.31. The summed E-state index contributed by atoms with van der Waals surface area (Å²) in [5.41, 5.74) is 0.881. The van der Waals surface area contributed by atoms with Crippen molar-refractivity contribution < 1.29 is 9.66 Å². The predicted molar refractivity (Wildman–Crippen MR) is 67.3 cm³/mol. The topological polar surface area (TPSA) is 64.4 Å². The molecule has 5 heteroatoms. The zero-order chi connectivity index (χ0) is 12.5. The highest BCUT2D eigenvalue weighted by Crippen LogP contribution is 2.16. The van der Waals surface area contributed by atoms with Crippen LogP contribution in [0.4, 0.5) is 11.4 Å². The summed E-state index contributed by atoms with van der Waals surface area (Å²) in [5.74, 6) is 0. The predicted octanol–water partition coefficient (Wildman–Crippen LogP) is 2.82. The molecule has 17 heavy (non-hydrogen) atoms. The average molecular weight is 238 g/mol. The molecule has 0 aromatic heterocycles. The molecular formula is C12H18N2O3. The Morgan fingerprint density at radius 2 is 2.24 bits per heavy atom. The monoisotopic (exact) mass is 238 g/mol. The van der Waals surface area contributed by atoms with E-state index in [2.05, 4.69) is 12.2 Å².